The third-order valence-electron chi connectivity index (χ3n) is 3.82. The van der Waals surface area contributed by atoms with Gasteiger partial charge in [-0.05, 0) is 42.8 Å². The van der Waals surface area contributed by atoms with E-state index in [9.17, 15) is 4.79 Å². The van der Waals surface area contributed by atoms with E-state index >= 15 is 0 Å². The maximum atomic E-state index is 12.4. The average Bonchev–Trinajstić information content (AvgIpc) is 3.08. The van der Waals surface area contributed by atoms with E-state index in [-0.39, 0.29) is 5.91 Å². The Morgan fingerprint density at radius 2 is 2.00 bits per heavy atom. The molecule has 3 heterocycles. The van der Waals surface area contributed by atoms with Crippen molar-refractivity contribution in [3.05, 3.63) is 72.2 Å². The van der Waals surface area contributed by atoms with Crippen molar-refractivity contribution in [2.75, 3.05) is 5.32 Å². The summed E-state index contributed by atoms with van der Waals surface area (Å²) in [6, 6.07) is 13.2. The molecule has 0 bridgehead atoms. The molecular weight excluding hydrogens is 332 g/mol. The van der Waals surface area contributed by atoms with Crippen LogP contribution in [-0.2, 0) is 0 Å². The van der Waals surface area contributed by atoms with Crippen LogP contribution in [-0.4, -0.2) is 20.9 Å². The van der Waals surface area contributed by atoms with E-state index in [2.05, 4.69) is 20.3 Å². The third-order valence-corrected chi connectivity index (χ3v) is 4.85. The molecular formula is C19H14N4OS. The minimum Gasteiger partial charge on any atom is -0.322 e. The SMILES string of the molecule is Cc1ccc(-c2nc3cccnc3s2)cc1NC(=O)c1cccnc1. The van der Waals surface area contributed by atoms with Crippen LogP contribution >= 0.6 is 11.3 Å². The van der Waals surface area contributed by atoms with Crippen molar-refractivity contribution < 1.29 is 4.79 Å². The molecule has 0 saturated carbocycles. The predicted molar refractivity (Wildman–Crippen MR) is 99.8 cm³/mol. The van der Waals surface area contributed by atoms with Gasteiger partial charge in [-0.3, -0.25) is 9.78 Å². The third kappa shape index (κ3) is 3.12. The van der Waals surface area contributed by atoms with Crippen molar-refractivity contribution in [3.63, 3.8) is 0 Å². The zero-order valence-electron chi connectivity index (χ0n) is 13.4. The van der Waals surface area contributed by atoms with Crippen molar-refractivity contribution >= 4 is 33.3 Å². The molecule has 0 aliphatic heterocycles. The Morgan fingerprint density at radius 3 is 2.80 bits per heavy atom. The number of pyridine rings is 2. The Bertz CT molecular complexity index is 1030. The van der Waals surface area contributed by atoms with Gasteiger partial charge in [-0.2, -0.15) is 0 Å². The van der Waals surface area contributed by atoms with Gasteiger partial charge in [0.05, 0.1) is 5.56 Å². The Balaban J connectivity index is 1.67. The van der Waals surface area contributed by atoms with E-state index in [4.69, 9.17) is 0 Å². The molecule has 0 aliphatic rings. The molecule has 0 atom stereocenters. The highest BCUT2D eigenvalue weighted by molar-refractivity contribution is 7.21. The second-order valence-electron chi connectivity index (χ2n) is 5.57. The molecule has 0 fully saturated rings. The highest BCUT2D eigenvalue weighted by Gasteiger charge is 2.11. The van der Waals surface area contributed by atoms with Crippen LogP contribution in [0.4, 0.5) is 5.69 Å². The fourth-order valence-electron chi connectivity index (χ4n) is 2.47. The minimum atomic E-state index is -0.181. The molecule has 0 saturated heterocycles. The number of hydrogen-bond acceptors (Lipinski definition) is 5. The molecule has 122 valence electrons. The molecule has 0 radical (unpaired) electrons. The van der Waals surface area contributed by atoms with Crippen LogP contribution in [0, 0.1) is 6.92 Å². The summed E-state index contributed by atoms with van der Waals surface area (Å²) in [6.45, 7) is 1.96. The van der Waals surface area contributed by atoms with Gasteiger partial charge in [0.1, 0.15) is 15.4 Å². The van der Waals surface area contributed by atoms with E-state index < -0.39 is 0 Å². The number of aromatic nitrogens is 3. The number of carbonyl (C=O) groups is 1. The number of benzene rings is 1. The van der Waals surface area contributed by atoms with Crippen molar-refractivity contribution in [1.29, 1.82) is 0 Å². The Hall–Kier alpha value is -3.12. The number of anilines is 1. The van der Waals surface area contributed by atoms with Crippen molar-refractivity contribution in [3.8, 4) is 10.6 Å². The van der Waals surface area contributed by atoms with Crippen LogP contribution in [0.3, 0.4) is 0 Å². The van der Waals surface area contributed by atoms with E-state index in [0.29, 0.717) is 5.56 Å². The van der Waals surface area contributed by atoms with Crippen LogP contribution in [0.2, 0.25) is 0 Å². The number of hydrogen-bond donors (Lipinski definition) is 1. The normalized spacial score (nSPS) is 10.8. The van der Waals surface area contributed by atoms with Crippen molar-refractivity contribution in [2.45, 2.75) is 6.92 Å². The first-order chi connectivity index (χ1) is 12.2. The Kier molecular flexibility index (Phi) is 3.95. The van der Waals surface area contributed by atoms with E-state index in [1.165, 1.54) is 11.3 Å². The molecule has 1 amide bonds. The molecule has 6 heteroatoms. The highest BCUT2D eigenvalue weighted by Crippen LogP contribution is 2.31. The lowest BCUT2D eigenvalue weighted by Crippen LogP contribution is -2.12. The monoisotopic (exact) mass is 346 g/mol. The molecule has 0 aliphatic carbocycles. The number of fused-ring (bicyclic) bond motifs is 1. The highest BCUT2D eigenvalue weighted by atomic mass is 32.1. The molecule has 0 spiro atoms. The zero-order chi connectivity index (χ0) is 17.2. The first kappa shape index (κ1) is 15.4. The van der Waals surface area contributed by atoms with Crippen LogP contribution in [0.25, 0.3) is 20.9 Å². The quantitative estimate of drug-likeness (QED) is 0.600. The molecule has 1 aromatic carbocycles. The average molecular weight is 346 g/mol. The van der Waals surface area contributed by atoms with Gasteiger partial charge in [-0.15, -0.1) is 0 Å². The van der Waals surface area contributed by atoms with Crippen molar-refractivity contribution in [2.24, 2.45) is 0 Å². The number of aryl methyl sites for hydroxylation is 1. The van der Waals surface area contributed by atoms with Gasteiger partial charge in [0.15, 0.2) is 0 Å². The molecule has 3 aromatic heterocycles. The van der Waals surface area contributed by atoms with Crippen LogP contribution in [0.1, 0.15) is 15.9 Å². The van der Waals surface area contributed by atoms with Gasteiger partial charge in [-0.25, -0.2) is 9.97 Å². The number of thiazole rings is 1. The molecule has 4 aromatic rings. The Labute approximate surface area is 148 Å². The second kappa shape index (κ2) is 6.41. The van der Waals surface area contributed by atoms with Crippen LogP contribution < -0.4 is 5.32 Å². The summed E-state index contributed by atoms with van der Waals surface area (Å²) in [7, 11) is 0. The van der Waals surface area contributed by atoms with Crippen molar-refractivity contribution in [1.82, 2.24) is 15.0 Å². The largest absolute Gasteiger partial charge is 0.322 e. The number of carbonyl (C=O) groups excluding carboxylic acids is 1. The second-order valence-corrected chi connectivity index (χ2v) is 6.55. The number of nitrogens with zero attached hydrogens (tertiary/aromatic N) is 3. The lowest BCUT2D eigenvalue weighted by molar-refractivity contribution is 0.102. The lowest BCUT2D eigenvalue weighted by Gasteiger charge is -2.09. The van der Waals surface area contributed by atoms with Gasteiger partial charge in [0.2, 0.25) is 0 Å². The predicted octanol–water partition coefficient (Wildman–Crippen LogP) is 4.31. The summed E-state index contributed by atoms with van der Waals surface area (Å²) in [5.41, 5.74) is 4.11. The summed E-state index contributed by atoms with van der Waals surface area (Å²) in [5, 5.41) is 3.83. The van der Waals surface area contributed by atoms with Gasteiger partial charge in [0.25, 0.3) is 5.91 Å². The standard InChI is InChI=1S/C19H14N4OS/c1-12-6-7-13(18-23-15-5-3-9-21-19(15)25-18)10-16(12)22-17(24)14-4-2-8-20-11-14/h2-11H,1H3,(H,22,24). The van der Waals surface area contributed by atoms with Gasteiger partial charge < -0.3 is 5.32 Å². The minimum absolute atomic E-state index is 0.181. The van der Waals surface area contributed by atoms with Crippen LogP contribution in [0.5, 0.6) is 0 Å². The topological polar surface area (TPSA) is 67.8 Å². The lowest BCUT2D eigenvalue weighted by atomic mass is 10.1. The summed E-state index contributed by atoms with van der Waals surface area (Å²) >= 11 is 1.54. The first-order valence-corrected chi connectivity index (χ1v) is 8.56. The molecule has 25 heavy (non-hydrogen) atoms. The molecule has 4 rings (SSSR count). The number of amides is 1. The van der Waals surface area contributed by atoms with Gasteiger partial charge in [0, 0.05) is 29.8 Å². The summed E-state index contributed by atoms with van der Waals surface area (Å²) in [4.78, 5) is 26.2. The fraction of sp³-hybridized carbons (Fsp3) is 0.0526. The maximum absolute atomic E-state index is 12.4. The van der Waals surface area contributed by atoms with Gasteiger partial charge in [-0.1, -0.05) is 23.5 Å². The first-order valence-electron chi connectivity index (χ1n) is 7.75. The number of nitrogens with one attached hydrogen (secondary N) is 1. The summed E-state index contributed by atoms with van der Waals surface area (Å²) in [6.07, 6.45) is 4.95. The summed E-state index contributed by atoms with van der Waals surface area (Å²) < 4.78 is 0. The smallest absolute Gasteiger partial charge is 0.257 e. The van der Waals surface area contributed by atoms with E-state index in [1.54, 1.807) is 30.7 Å². The van der Waals surface area contributed by atoms with E-state index in [1.807, 2.05) is 37.3 Å². The van der Waals surface area contributed by atoms with Gasteiger partial charge >= 0.3 is 0 Å². The van der Waals surface area contributed by atoms with Crippen LogP contribution in [0.15, 0.2) is 61.1 Å². The Morgan fingerprint density at radius 1 is 1.12 bits per heavy atom. The fourth-order valence-corrected chi connectivity index (χ4v) is 3.38. The number of rotatable bonds is 3. The summed E-state index contributed by atoms with van der Waals surface area (Å²) in [5.74, 6) is -0.181. The zero-order valence-corrected chi connectivity index (χ0v) is 14.2. The van der Waals surface area contributed by atoms with E-state index in [0.717, 1.165) is 32.2 Å². The maximum Gasteiger partial charge on any atom is 0.257 e. The molecule has 0 unspecified atom stereocenters. The molecule has 5 nitrogen and oxygen atoms in total. The molecule has 1 N–H and O–H groups in total.